The lowest BCUT2D eigenvalue weighted by Crippen LogP contribution is -2.26. The fourth-order valence-corrected chi connectivity index (χ4v) is 3.50. The molecule has 1 aliphatic rings. The van der Waals surface area contributed by atoms with Gasteiger partial charge < -0.3 is 0 Å². The first-order valence-electron chi connectivity index (χ1n) is 8.50. The Labute approximate surface area is 143 Å². The number of benzene rings is 3. The molecular weight excluding hydrogens is 290 g/mol. The highest BCUT2D eigenvalue weighted by Gasteiger charge is 2.30. The molecule has 3 aromatic rings. The highest BCUT2D eigenvalue weighted by Crippen LogP contribution is 2.39. The largest absolute Gasteiger partial charge is 0.278 e. The first-order chi connectivity index (χ1) is 11.9. The van der Waals surface area contributed by atoms with Gasteiger partial charge in [0.15, 0.2) is 0 Å². The first kappa shape index (κ1) is 14.9. The molecule has 0 spiro atoms. The number of hydrogen-bond acceptors (Lipinski definition) is 1. The predicted molar refractivity (Wildman–Crippen MR) is 99.5 cm³/mol. The summed E-state index contributed by atoms with van der Waals surface area (Å²) >= 11 is 0. The van der Waals surface area contributed by atoms with Crippen molar-refractivity contribution in [2.75, 3.05) is 0 Å². The third kappa shape index (κ3) is 3.04. The van der Waals surface area contributed by atoms with Gasteiger partial charge in [-0.25, -0.2) is 0 Å². The normalized spacial score (nSPS) is 20.3. The van der Waals surface area contributed by atoms with Crippen molar-refractivity contribution in [2.45, 2.75) is 18.6 Å². The quantitative estimate of drug-likeness (QED) is 0.572. The summed E-state index contributed by atoms with van der Waals surface area (Å²) in [7, 11) is 0. The minimum atomic E-state index is 0.316. The highest BCUT2D eigenvalue weighted by atomic mass is 15.2. The molecule has 1 heteroatoms. The van der Waals surface area contributed by atoms with E-state index in [-0.39, 0.29) is 0 Å². The van der Waals surface area contributed by atoms with Gasteiger partial charge in [0.25, 0.3) is 0 Å². The van der Waals surface area contributed by atoms with E-state index < -0.39 is 0 Å². The van der Waals surface area contributed by atoms with Crippen molar-refractivity contribution >= 4 is 0 Å². The molecule has 4 rings (SSSR count). The molecule has 0 amide bonds. The van der Waals surface area contributed by atoms with Crippen LogP contribution in [0.1, 0.15) is 28.8 Å². The lowest BCUT2D eigenvalue weighted by Gasteiger charge is -2.31. The SMILES string of the molecule is C1=CC(c2ccccc2)N(Cc2ccccc2)C1c1ccccc1. The van der Waals surface area contributed by atoms with Gasteiger partial charge in [-0.3, -0.25) is 4.90 Å². The smallest absolute Gasteiger partial charge is 0.0544 e. The van der Waals surface area contributed by atoms with Crippen molar-refractivity contribution in [1.82, 2.24) is 4.90 Å². The molecule has 1 aliphatic heterocycles. The lowest BCUT2D eigenvalue weighted by molar-refractivity contribution is 0.201. The first-order valence-corrected chi connectivity index (χ1v) is 8.50. The van der Waals surface area contributed by atoms with Gasteiger partial charge in [0.2, 0.25) is 0 Å². The van der Waals surface area contributed by atoms with Gasteiger partial charge in [-0.05, 0) is 16.7 Å². The summed E-state index contributed by atoms with van der Waals surface area (Å²) in [6.07, 6.45) is 4.69. The molecule has 0 saturated carbocycles. The zero-order valence-electron chi connectivity index (χ0n) is 13.6. The lowest BCUT2D eigenvalue weighted by atomic mass is 10.0. The van der Waals surface area contributed by atoms with Crippen molar-refractivity contribution in [1.29, 1.82) is 0 Å². The maximum absolute atomic E-state index is 2.57. The molecule has 0 aromatic heterocycles. The average Bonchev–Trinajstić information content (AvgIpc) is 3.07. The van der Waals surface area contributed by atoms with Crippen molar-refractivity contribution in [3.8, 4) is 0 Å². The van der Waals surface area contributed by atoms with E-state index in [2.05, 4.69) is 108 Å². The molecule has 0 fully saturated rings. The molecule has 1 nitrogen and oxygen atoms in total. The monoisotopic (exact) mass is 311 g/mol. The van der Waals surface area contributed by atoms with Gasteiger partial charge in [-0.15, -0.1) is 0 Å². The molecule has 118 valence electrons. The Balaban J connectivity index is 1.69. The predicted octanol–water partition coefficient (Wildman–Crippen LogP) is 5.54. The van der Waals surface area contributed by atoms with Crippen LogP contribution in [0.15, 0.2) is 103 Å². The Hall–Kier alpha value is -2.64. The molecule has 3 aromatic carbocycles. The van der Waals surface area contributed by atoms with E-state index in [9.17, 15) is 0 Å². The Bertz CT molecular complexity index is 744. The van der Waals surface area contributed by atoms with Crippen LogP contribution in [0.25, 0.3) is 0 Å². The van der Waals surface area contributed by atoms with Gasteiger partial charge in [0.1, 0.15) is 0 Å². The third-order valence-corrected chi connectivity index (χ3v) is 4.68. The van der Waals surface area contributed by atoms with Gasteiger partial charge in [0, 0.05) is 6.54 Å². The number of rotatable bonds is 4. The van der Waals surface area contributed by atoms with Crippen LogP contribution in [0, 0.1) is 0 Å². The highest BCUT2D eigenvalue weighted by molar-refractivity contribution is 5.33. The molecule has 0 radical (unpaired) electrons. The molecular formula is C23H21N. The van der Waals surface area contributed by atoms with Gasteiger partial charge in [-0.1, -0.05) is 103 Å². The number of nitrogens with zero attached hydrogens (tertiary/aromatic N) is 1. The molecule has 0 aliphatic carbocycles. The summed E-state index contributed by atoms with van der Waals surface area (Å²) in [6.45, 7) is 0.937. The van der Waals surface area contributed by atoms with Crippen molar-refractivity contribution in [2.24, 2.45) is 0 Å². The van der Waals surface area contributed by atoms with E-state index in [1.807, 2.05) is 0 Å². The Morgan fingerprint density at radius 1 is 0.542 bits per heavy atom. The summed E-state index contributed by atoms with van der Waals surface area (Å²) in [6, 6.07) is 32.9. The average molecular weight is 311 g/mol. The van der Waals surface area contributed by atoms with Gasteiger partial charge in [-0.2, -0.15) is 0 Å². The van der Waals surface area contributed by atoms with Crippen LogP contribution < -0.4 is 0 Å². The van der Waals surface area contributed by atoms with E-state index in [0.717, 1.165) is 6.54 Å². The van der Waals surface area contributed by atoms with Crippen LogP contribution in [0.4, 0.5) is 0 Å². The van der Waals surface area contributed by atoms with E-state index in [4.69, 9.17) is 0 Å². The maximum Gasteiger partial charge on any atom is 0.0544 e. The molecule has 0 N–H and O–H groups in total. The summed E-state index contributed by atoms with van der Waals surface area (Å²) in [5.74, 6) is 0. The minimum Gasteiger partial charge on any atom is -0.278 e. The topological polar surface area (TPSA) is 3.24 Å². The summed E-state index contributed by atoms with van der Waals surface area (Å²) < 4.78 is 0. The Morgan fingerprint density at radius 2 is 0.958 bits per heavy atom. The Morgan fingerprint density at radius 3 is 1.42 bits per heavy atom. The van der Waals surface area contributed by atoms with E-state index >= 15 is 0 Å². The fraction of sp³-hybridized carbons (Fsp3) is 0.130. The molecule has 2 unspecified atom stereocenters. The fourth-order valence-electron chi connectivity index (χ4n) is 3.50. The van der Waals surface area contributed by atoms with Gasteiger partial charge >= 0.3 is 0 Å². The second-order valence-electron chi connectivity index (χ2n) is 6.25. The summed E-state index contributed by atoms with van der Waals surface area (Å²) in [5, 5.41) is 0. The summed E-state index contributed by atoms with van der Waals surface area (Å²) in [4.78, 5) is 2.57. The third-order valence-electron chi connectivity index (χ3n) is 4.68. The molecule has 0 saturated heterocycles. The second kappa shape index (κ2) is 6.86. The standard InChI is InChI=1S/C23H21N/c1-4-10-19(11-5-1)18-24-22(20-12-6-2-7-13-20)16-17-23(24)21-14-8-3-9-15-21/h1-17,22-23H,18H2. The zero-order valence-corrected chi connectivity index (χ0v) is 13.6. The number of hydrogen-bond donors (Lipinski definition) is 0. The van der Waals surface area contributed by atoms with Crippen LogP contribution >= 0.6 is 0 Å². The van der Waals surface area contributed by atoms with Crippen LogP contribution in [-0.2, 0) is 6.54 Å². The molecule has 24 heavy (non-hydrogen) atoms. The van der Waals surface area contributed by atoms with Crippen LogP contribution in [0.2, 0.25) is 0 Å². The minimum absolute atomic E-state index is 0.316. The van der Waals surface area contributed by atoms with Crippen molar-refractivity contribution in [3.63, 3.8) is 0 Å². The Kier molecular flexibility index (Phi) is 4.26. The molecule has 2 atom stereocenters. The molecule has 1 heterocycles. The maximum atomic E-state index is 2.57. The van der Waals surface area contributed by atoms with Crippen LogP contribution in [0.5, 0.6) is 0 Å². The zero-order chi connectivity index (χ0) is 16.2. The van der Waals surface area contributed by atoms with E-state index in [0.29, 0.717) is 12.1 Å². The van der Waals surface area contributed by atoms with Crippen LogP contribution in [0.3, 0.4) is 0 Å². The molecule has 0 bridgehead atoms. The van der Waals surface area contributed by atoms with E-state index in [1.54, 1.807) is 0 Å². The van der Waals surface area contributed by atoms with Crippen LogP contribution in [-0.4, -0.2) is 4.90 Å². The van der Waals surface area contributed by atoms with E-state index in [1.165, 1.54) is 16.7 Å². The van der Waals surface area contributed by atoms with Crippen molar-refractivity contribution in [3.05, 3.63) is 120 Å². The van der Waals surface area contributed by atoms with Gasteiger partial charge in [0.05, 0.1) is 12.1 Å². The van der Waals surface area contributed by atoms with Crippen molar-refractivity contribution < 1.29 is 0 Å². The summed E-state index contributed by atoms with van der Waals surface area (Å²) in [5.41, 5.74) is 4.05. The second-order valence-corrected chi connectivity index (χ2v) is 6.25.